The highest BCUT2D eigenvalue weighted by atomic mass is 19.1. The quantitative estimate of drug-likeness (QED) is 0.797. The van der Waals surface area contributed by atoms with Crippen molar-refractivity contribution in [3.63, 3.8) is 0 Å². The van der Waals surface area contributed by atoms with Gasteiger partial charge < -0.3 is 4.74 Å². The predicted octanol–water partition coefficient (Wildman–Crippen LogP) is 1.66. The third-order valence-electron chi connectivity index (χ3n) is 3.28. The van der Waals surface area contributed by atoms with Crippen molar-refractivity contribution in [2.24, 2.45) is 0 Å². The number of Topliss-reactive ketones (excluding diaryl/α,β-unsaturated/α-hetero) is 1. The summed E-state index contributed by atoms with van der Waals surface area (Å²) in [4.78, 5) is 14.0. The van der Waals surface area contributed by atoms with Gasteiger partial charge >= 0.3 is 0 Å². The third-order valence-corrected chi connectivity index (χ3v) is 3.28. The zero-order chi connectivity index (χ0) is 13.0. The lowest BCUT2D eigenvalue weighted by molar-refractivity contribution is -0.119. The highest BCUT2D eigenvalue weighted by molar-refractivity contribution is 5.82. The van der Waals surface area contributed by atoms with Gasteiger partial charge in [-0.15, -0.1) is 0 Å². The number of likely N-dealkylation sites (tertiary alicyclic amines) is 1. The lowest BCUT2D eigenvalue weighted by Gasteiger charge is -2.14. The van der Waals surface area contributed by atoms with E-state index in [1.807, 2.05) is 0 Å². The molecular weight excluding hydrogens is 233 g/mol. The molecule has 2 rings (SSSR count). The Morgan fingerprint density at radius 2 is 2.17 bits per heavy atom. The maximum Gasteiger partial charge on any atom is 0.151 e. The second-order valence-corrected chi connectivity index (χ2v) is 4.72. The summed E-state index contributed by atoms with van der Waals surface area (Å²) in [5.74, 6) is -0.105. The number of nitrogens with zero attached hydrogens (tertiary/aromatic N) is 1. The van der Waals surface area contributed by atoms with Crippen molar-refractivity contribution in [3.8, 4) is 0 Å². The minimum Gasteiger partial charge on any atom is -0.380 e. The predicted molar refractivity (Wildman–Crippen MR) is 67.0 cm³/mol. The van der Waals surface area contributed by atoms with Crippen LogP contribution in [0.15, 0.2) is 24.3 Å². The Morgan fingerprint density at radius 1 is 1.44 bits per heavy atom. The van der Waals surface area contributed by atoms with E-state index < -0.39 is 0 Å². The van der Waals surface area contributed by atoms with Crippen molar-refractivity contribution >= 4 is 5.78 Å². The summed E-state index contributed by atoms with van der Waals surface area (Å²) in [6, 6.07) is 6.10. The Hall–Kier alpha value is -1.26. The monoisotopic (exact) mass is 251 g/mol. The average Bonchev–Trinajstić information content (AvgIpc) is 2.79. The molecular formula is C14H18FNO2. The summed E-state index contributed by atoms with van der Waals surface area (Å²) in [6.45, 7) is 2.19. The topological polar surface area (TPSA) is 29.5 Å². The lowest BCUT2D eigenvalue weighted by atomic mass is 10.1. The molecule has 18 heavy (non-hydrogen) atoms. The van der Waals surface area contributed by atoms with E-state index >= 15 is 0 Å². The SMILES string of the molecule is COC1CCN(CC(=O)Cc2ccc(F)cc2)C1. The molecule has 0 bridgehead atoms. The summed E-state index contributed by atoms with van der Waals surface area (Å²) >= 11 is 0. The van der Waals surface area contributed by atoms with Gasteiger partial charge in [0.05, 0.1) is 12.6 Å². The maximum absolute atomic E-state index is 12.7. The molecule has 1 aromatic carbocycles. The standard InChI is InChI=1S/C14H18FNO2/c1-18-14-6-7-16(10-14)9-13(17)8-11-2-4-12(15)5-3-11/h2-5,14H,6-10H2,1H3. The molecule has 3 nitrogen and oxygen atoms in total. The number of benzene rings is 1. The summed E-state index contributed by atoms with van der Waals surface area (Å²) in [6.07, 6.45) is 1.61. The number of hydrogen-bond acceptors (Lipinski definition) is 3. The van der Waals surface area contributed by atoms with Crippen LogP contribution in [0.3, 0.4) is 0 Å². The molecule has 0 spiro atoms. The highest BCUT2D eigenvalue weighted by Gasteiger charge is 2.23. The first kappa shape index (κ1) is 13.2. The van der Waals surface area contributed by atoms with Gasteiger partial charge in [0.1, 0.15) is 5.82 Å². The summed E-state index contributed by atoms with van der Waals surface area (Å²) in [7, 11) is 1.70. The summed E-state index contributed by atoms with van der Waals surface area (Å²) in [5.41, 5.74) is 0.865. The van der Waals surface area contributed by atoms with Crippen molar-refractivity contribution in [1.82, 2.24) is 4.90 Å². The van der Waals surface area contributed by atoms with Gasteiger partial charge in [-0.1, -0.05) is 12.1 Å². The van der Waals surface area contributed by atoms with E-state index in [0.717, 1.165) is 25.1 Å². The molecule has 1 aromatic rings. The number of ether oxygens (including phenoxy) is 1. The van der Waals surface area contributed by atoms with Gasteiger partial charge in [-0.3, -0.25) is 9.69 Å². The number of ketones is 1. The molecule has 0 aromatic heterocycles. The van der Waals surface area contributed by atoms with E-state index in [2.05, 4.69) is 4.90 Å². The van der Waals surface area contributed by atoms with Gasteiger partial charge in [-0.25, -0.2) is 4.39 Å². The van der Waals surface area contributed by atoms with Gasteiger partial charge in [-0.05, 0) is 24.1 Å². The molecule has 0 radical (unpaired) electrons. The molecule has 1 fully saturated rings. The first-order chi connectivity index (χ1) is 8.67. The molecule has 4 heteroatoms. The van der Waals surface area contributed by atoms with Gasteiger partial charge in [0.2, 0.25) is 0 Å². The Morgan fingerprint density at radius 3 is 2.78 bits per heavy atom. The Bertz CT molecular complexity index is 405. The Balaban J connectivity index is 1.80. The molecule has 0 saturated carbocycles. The van der Waals surface area contributed by atoms with Crippen molar-refractivity contribution in [2.75, 3.05) is 26.7 Å². The number of carbonyl (C=O) groups excluding carboxylic acids is 1. The largest absolute Gasteiger partial charge is 0.380 e. The lowest BCUT2D eigenvalue weighted by Crippen LogP contribution is -2.29. The molecule has 0 N–H and O–H groups in total. The van der Waals surface area contributed by atoms with Crippen LogP contribution in [0.5, 0.6) is 0 Å². The molecule has 1 atom stereocenters. The van der Waals surface area contributed by atoms with E-state index in [0.29, 0.717) is 13.0 Å². The van der Waals surface area contributed by atoms with Crippen LogP contribution >= 0.6 is 0 Å². The molecule has 98 valence electrons. The molecule has 1 heterocycles. The van der Waals surface area contributed by atoms with Crippen molar-refractivity contribution in [2.45, 2.75) is 18.9 Å². The van der Waals surface area contributed by atoms with Crippen molar-refractivity contribution in [3.05, 3.63) is 35.6 Å². The number of hydrogen-bond donors (Lipinski definition) is 0. The van der Waals surface area contributed by atoms with Crippen LogP contribution in [0.4, 0.5) is 4.39 Å². The zero-order valence-electron chi connectivity index (χ0n) is 10.6. The van der Waals surface area contributed by atoms with Crippen LogP contribution in [0.2, 0.25) is 0 Å². The third kappa shape index (κ3) is 3.62. The first-order valence-electron chi connectivity index (χ1n) is 6.18. The van der Waals surface area contributed by atoms with E-state index in [1.165, 1.54) is 12.1 Å². The van der Waals surface area contributed by atoms with E-state index in [1.54, 1.807) is 19.2 Å². The maximum atomic E-state index is 12.7. The molecule has 1 saturated heterocycles. The fourth-order valence-corrected chi connectivity index (χ4v) is 2.27. The summed E-state index contributed by atoms with van der Waals surface area (Å²) in [5, 5.41) is 0. The van der Waals surface area contributed by atoms with Crippen molar-refractivity contribution in [1.29, 1.82) is 0 Å². The van der Waals surface area contributed by atoms with Gasteiger partial charge in [0.25, 0.3) is 0 Å². The zero-order valence-corrected chi connectivity index (χ0v) is 10.6. The van der Waals surface area contributed by atoms with E-state index in [-0.39, 0.29) is 17.7 Å². The normalized spacial score (nSPS) is 20.2. The van der Waals surface area contributed by atoms with Crippen LogP contribution in [-0.2, 0) is 16.0 Å². The second kappa shape index (κ2) is 6.07. The number of halogens is 1. The highest BCUT2D eigenvalue weighted by Crippen LogP contribution is 2.12. The Labute approximate surface area is 107 Å². The van der Waals surface area contributed by atoms with Gasteiger partial charge in [-0.2, -0.15) is 0 Å². The molecule has 0 aliphatic carbocycles. The van der Waals surface area contributed by atoms with Crippen LogP contribution in [0, 0.1) is 5.82 Å². The number of carbonyl (C=O) groups is 1. The van der Waals surface area contributed by atoms with Crippen molar-refractivity contribution < 1.29 is 13.9 Å². The minimum atomic E-state index is -0.270. The van der Waals surface area contributed by atoms with Gasteiger partial charge in [0.15, 0.2) is 5.78 Å². The van der Waals surface area contributed by atoms with Gasteiger partial charge in [0, 0.05) is 26.6 Å². The van der Waals surface area contributed by atoms with Crippen LogP contribution in [0.25, 0.3) is 0 Å². The molecule has 1 unspecified atom stereocenters. The number of rotatable bonds is 5. The van der Waals surface area contributed by atoms with Crippen LogP contribution in [-0.4, -0.2) is 43.5 Å². The molecule has 1 aliphatic rings. The smallest absolute Gasteiger partial charge is 0.151 e. The van der Waals surface area contributed by atoms with Crippen LogP contribution < -0.4 is 0 Å². The molecule has 0 amide bonds. The minimum absolute atomic E-state index is 0.165. The van der Waals surface area contributed by atoms with E-state index in [4.69, 9.17) is 4.74 Å². The summed E-state index contributed by atoms with van der Waals surface area (Å²) < 4.78 is 18.0. The average molecular weight is 251 g/mol. The fourth-order valence-electron chi connectivity index (χ4n) is 2.27. The number of methoxy groups -OCH3 is 1. The second-order valence-electron chi connectivity index (χ2n) is 4.72. The first-order valence-corrected chi connectivity index (χ1v) is 6.18. The fraction of sp³-hybridized carbons (Fsp3) is 0.500. The Kier molecular flexibility index (Phi) is 4.44. The molecule has 1 aliphatic heterocycles. The van der Waals surface area contributed by atoms with Crippen LogP contribution in [0.1, 0.15) is 12.0 Å². The van der Waals surface area contributed by atoms with E-state index in [9.17, 15) is 9.18 Å².